The summed E-state index contributed by atoms with van der Waals surface area (Å²) in [5.74, 6) is 0. The van der Waals surface area contributed by atoms with Crippen LogP contribution in [-0.4, -0.2) is 15.2 Å². The van der Waals surface area contributed by atoms with E-state index in [0.717, 1.165) is 17.1 Å². The average molecular weight is 489 g/mol. The van der Waals surface area contributed by atoms with Crippen LogP contribution in [0.2, 0.25) is 0 Å². The highest BCUT2D eigenvalue weighted by Gasteiger charge is 2.30. The molecule has 5 aromatic carbocycles. The van der Waals surface area contributed by atoms with Crippen molar-refractivity contribution in [2.45, 2.75) is 19.9 Å². The van der Waals surface area contributed by atoms with E-state index in [9.17, 15) is 5.26 Å². The monoisotopic (exact) mass is 488 g/mol. The number of anilines is 2. The number of para-hydroxylation sites is 3. The zero-order valence-corrected chi connectivity index (χ0v) is 21.2. The summed E-state index contributed by atoms with van der Waals surface area (Å²) in [4.78, 5) is 2.38. The Morgan fingerprint density at radius 2 is 1.26 bits per heavy atom. The molecule has 0 saturated heterocycles. The van der Waals surface area contributed by atoms with E-state index >= 15 is 0 Å². The van der Waals surface area contributed by atoms with Gasteiger partial charge < -0.3 is 14.0 Å². The number of nitrogens with zero attached hydrogens (tertiary/aromatic N) is 4. The Hall–Kier alpha value is -5.01. The maximum atomic E-state index is 9.75. The molecular weight excluding hydrogens is 464 g/mol. The molecule has 38 heavy (non-hydrogen) atoms. The molecule has 0 bridgehead atoms. The summed E-state index contributed by atoms with van der Waals surface area (Å²) in [5.41, 5.74) is 9.96. The molecule has 1 aliphatic rings. The molecule has 7 aromatic rings. The second-order valence-corrected chi connectivity index (χ2v) is 10.3. The second-order valence-electron chi connectivity index (χ2n) is 10.3. The van der Waals surface area contributed by atoms with Gasteiger partial charge in [0.1, 0.15) is 0 Å². The number of aromatic nitrogens is 2. The number of nitriles is 1. The van der Waals surface area contributed by atoms with E-state index in [-0.39, 0.29) is 6.04 Å². The Morgan fingerprint density at radius 1 is 0.579 bits per heavy atom. The number of hydrogen-bond acceptors (Lipinski definition) is 2. The average Bonchev–Trinajstić information content (AvgIpc) is 3.47. The summed E-state index contributed by atoms with van der Waals surface area (Å²) in [6, 6.07) is 39.2. The van der Waals surface area contributed by atoms with E-state index < -0.39 is 0 Å². The molecule has 0 unspecified atom stereocenters. The second kappa shape index (κ2) is 7.50. The molecule has 180 valence electrons. The lowest BCUT2D eigenvalue weighted by Crippen LogP contribution is -2.29. The van der Waals surface area contributed by atoms with Gasteiger partial charge >= 0.3 is 0 Å². The maximum absolute atomic E-state index is 9.75. The quantitative estimate of drug-likeness (QED) is 0.244. The summed E-state index contributed by atoms with van der Waals surface area (Å²) in [5, 5.41) is 14.7. The fourth-order valence-corrected chi connectivity index (χ4v) is 6.52. The van der Waals surface area contributed by atoms with Gasteiger partial charge in [-0.3, -0.25) is 0 Å². The molecule has 2 aromatic heterocycles. The highest BCUT2D eigenvalue weighted by Crippen LogP contribution is 2.49. The SMILES string of the molecule is CC(C)N1c2cc(C#N)ccc2-n2c3c1cccc3c1ccc3c4ccccc4n(-c4ccccc4)c3c12. The number of benzene rings is 5. The van der Waals surface area contributed by atoms with Crippen LogP contribution in [0, 0.1) is 11.3 Å². The van der Waals surface area contributed by atoms with Gasteiger partial charge in [0.15, 0.2) is 0 Å². The molecule has 4 heteroatoms. The number of fused-ring (bicyclic) bond motifs is 9. The van der Waals surface area contributed by atoms with E-state index in [1.807, 2.05) is 12.1 Å². The zero-order valence-electron chi connectivity index (χ0n) is 21.2. The van der Waals surface area contributed by atoms with Gasteiger partial charge in [0, 0.05) is 33.3 Å². The van der Waals surface area contributed by atoms with Crippen molar-refractivity contribution in [3.05, 3.63) is 109 Å². The van der Waals surface area contributed by atoms with Gasteiger partial charge in [-0.05, 0) is 56.3 Å². The minimum Gasteiger partial charge on any atom is -0.335 e. The third kappa shape index (κ3) is 2.58. The fraction of sp³-hybridized carbons (Fsp3) is 0.0882. The van der Waals surface area contributed by atoms with Crippen molar-refractivity contribution < 1.29 is 0 Å². The van der Waals surface area contributed by atoms with E-state index in [1.165, 1.54) is 49.3 Å². The van der Waals surface area contributed by atoms with Crippen LogP contribution < -0.4 is 4.90 Å². The van der Waals surface area contributed by atoms with Gasteiger partial charge in [-0.25, -0.2) is 0 Å². The van der Waals surface area contributed by atoms with E-state index in [0.29, 0.717) is 5.56 Å². The largest absolute Gasteiger partial charge is 0.335 e. The first-order chi connectivity index (χ1) is 18.7. The molecule has 3 heterocycles. The van der Waals surface area contributed by atoms with Crippen LogP contribution in [0.25, 0.3) is 55.0 Å². The molecular formula is C34H24N4. The predicted molar refractivity (Wildman–Crippen MR) is 157 cm³/mol. The van der Waals surface area contributed by atoms with E-state index in [1.54, 1.807) is 0 Å². The van der Waals surface area contributed by atoms with Crippen LogP contribution in [0.15, 0.2) is 103 Å². The first kappa shape index (κ1) is 21.1. The summed E-state index contributed by atoms with van der Waals surface area (Å²) in [6.45, 7) is 4.43. The van der Waals surface area contributed by atoms with Gasteiger partial charge in [0.25, 0.3) is 0 Å². The molecule has 0 atom stereocenters. The molecule has 0 radical (unpaired) electrons. The lowest BCUT2D eigenvalue weighted by molar-refractivity contribution is 0.781. The van der Waals surface area contributed by atoms with Gasteiger partial charge in [0.05, 0.1) is 50.8 Å². The first-order valence-electron chi connectivity index (χ1n) is 13.1. The molecule has 0 saturated carbocycles. The van der Waals surface area contributed by atoms with Gasteiger partial charge in [-0.1, -0.05) is 60.7 Å². The number of hydrogen-bond donors (Lipinski definition) is 0. The molecule has 4 nitrogen and oxygen atoms in total. The molecule has 0 N–H and O–H groups in total. The minimum atomic E-state index is 0.232. The van der Waals surface area contributed by atoms with Crippen LogP contribution in [0.3, 0.4) is 0 Å². The Kier molecular flexibility index (Phi) is 4.17. The molecule has 0 spiro atoms. The van der Waals surface area contributed by atoms with Crippen molar-refractivity contribution in [2.75, 3.05) is 4.90 Å². The topological polar surface area (TPSA) is 36.9 Å². The molecule has 0 aliphatic carbocycles. The van der Waals surface area contributed by atoms with Crippen LogP contribution in [0.5, 0.6) is 0 Å². The van der Waals surface area contributed by atoms with E-state index in [2.05, 4.69) is 125 Å². The highest BCUT2D eigenvalue weighted by atomic mass is 15.2. The minimum absolute atomic E-state index is 0.232. The lowest BCUT2D eigenvalue weighted by Gasteiger charge is -2.36. The van der Waals surface area contributed by atoms with Crippen LogP contribution in [0.1, 0.15) is 19.4 Å². The molecule has 8 rings (SSSR count). The number of rotatable bonds is 2. The van der Waals surface area contributed by atoms with Crippen molar-refractivity contribution in [1.29, 1.82) is 5.26 Å². The van der Waals surface area contributed by atoms with Gasteiger partial charge in [0.2, 0.25) is 0 Å². The maximum Gasteiger partial charge on any atom is 0.0992 e. The van der Waals surface area contributed by atoms with Crippen molar-refractivity contribution in [3.63, 3.8) is 0 Å². The summed E-state index contributed by atoms with van der Waals surface area (Å²) in [6.07, 6.45) is 0. The standard InChI is InChI=1S/C34H24N4/c1-21(2)36-30-14-8-12-25-27-17-16-26-24-11-6-7-13-28(24)37(23-9-4-3-5-10-23)33(26)34(27)38(32(25)30)29-18-15-22(20-35)19-31(29)36/h3-19,21H,1-2H3. The fourth-order valence-electron chi connectivity index (χ4n) is 6.52. The van der Waals surface area contributed by atoms with Crippen molar-refractivity contribution >= 4 is 55.0 Å². The Morgan fingerprint density at radius 3 is 2.05 bits per heavy atom. The van der Waals surface area contributed by atoms with Gasteiger partial charge in [-0.2, -0.15) is 5.26 Å². The van der Waals surface area contributed by atoms with Crippen LogP contribution >= 0.6 is 0 Å². The van der Waals surface area contributed by atoms with E-state index in [4.69, 9.17) is 0 Å². The Bertz CT molecular complexity index is 2120. The highest BCUT2D eigenvalue weighted by molar-refractivity contribution is 6.26. The van der Waals surface area contributed by atoms with Crippen LogP contribution in [-0.2, 0) is 0 Å². The molecule has 0 fully saturated rings. The predicted octanol–water partition coefficient (Wildman–Crippen LogP) is 8.61. The smallest absolute Gasteiger partial charge is 0.0992 e. The van der Waals surface area contributed by atoms with Crippen molar-refractivity contribution in [2.24, 2.45) is 0 Å². The van der Waals surface area contributed by atoms with Crippen molar-refractivity contribution in [1.82, 2.24) is 9.13 Å². The summed E-state index contributed by atoms with van der Waals surface area (Å²) < 4.78 is 4.85. The third-order valence-corrected chi connectivity index (χ3v) is 7.96. The van der Waals surface area contributed by atoms with Crippen LogP contribution in [0.4, 0.5) is 11.4 Å². The zero-order chi connectivity index (χ0) is 25.5. The Balaban J connectivity index is 1.67. The molecule has 1 aliphatic heterocycles. The first-order valence-corrected chi connectivity index (χ1v) is 13.1. The molecule has 0 amide bonds. The normalized spacial score (nSPS) is 12.6. The lowest BCUT2D eigenvalue weighted by atomic mass is 10.1. The van der Waals surface area contributed by atoms with Gasteiger partial charge in [-0.15, -0.1) is 0 Å². The van der Waals surface area contributed by atoms with Crippen molar-refractivity contribution in [3.8, 4) is 17.4 Å². The summed E-state index contributed by atoms with van der Waals surface area (Å²) >= 11 is 0. The Labute approximate surface area is 220 Å². The summed E-state index contributed by atoms with van der Waals surface area (Å²) in [7, 11) is 0. The third-order valence-electron chi connectivity index (χ3n) is 7.96.